The molecule has 2 rings (SSSR count). The lowest BCUT2D eigenvalue weighted by molar-refractivity contribution is 0.376. The quantitative estimate of drug-likeness (QED) is 0.489. The minimum atomic E-state index is -0.293. The highest BCUT2D eigenvalue weighted by atomic mass is 19.1. The number of hydrogen-bond acceptors (Lipinski definition) is 4. The van der Waals surface area contributed by atoms with Gasteiger partial charge >= 0.3 is 0 Å². The van der Waals surface area contributed by atoms with Crippen molar-refractivity contribution < 1.29 is 8.91 Å². The Labute approximate surface area is 115 Å². The van der Waals surface area contributed by atoms with Crippen molar-refractivity contribution in [1.29, 1.82) is 0 Å². The maximum absolute atomic E-state index is 12.8. The van der Waals surface area contributed by atoms with Crippen LogP contribution in [-0.4, -0.2) is 29.7 Å². The molecule has 0 radical (unpaired) electrons. The van der Waals surface area contributed by atoms with Crippen LogP contribution in [-0.2, 0) is 6.42 Å². The number of halogens is 1. The van der Waals surface area contributed by atoms with Crippen LogP contribution in [0.15, 0.2) is 33.8 Å². The van der Waals surface area contributed by atoms with Crippen molar-refractivity contribution in [1.82, 2.24) is 15.5 Å². The maximum Gasteiger partial charge on any atom is 0.227 e. The molecular weight excluding hydrogens is 261 g/mol. The summed E-state index contributed by atoms with van der Waals surface area (Å²) in [4.78, 5) is 8.04. The second-order valence-electron chi connectivity index (χ2n) is 4.16. The van der Waals surface area contributed by atoms with Gasteiger partial charge in [-0.25, -0.2) is 4.39 Å². The summed E-state index contributed by atoms with van der Waals surface area (Å²) < 4.78 is 18.0. The van der Waals surface area contributed by atoms with Gasteiger partial charge in [-0.15, -0.1) is 0 Å². The highest BCUT2D eigenvalue weighted by molar-refractivity contribution is 5.77. The van der Waals surface area contributed by atoms with E-state index >= 15 is 0 Å². The molecule has 1 aromatic heterocycles. The van der Waals surface area contributed by atoms with Crippen LogP contribution in [0.3, 0.4) is 0 Å². The molecule has 0 fully saturated rings. The van der Waals surface area contributed by atoms with E-state index in [9.17, 15) is 4.39 Å². The standard InChI is InChI=1S/C13H16FN5O/c1-16-13(15)17-8-2-3-11-18-12(19-20-11)9-4-6-10(14)7-5-9/h4-7H,2-3,8H2,1H3,(H3,15,16,17). The van der Waals surface area contributed by atoms with E-state index in [2.05, 4.69) is 20.4 Å². The molecule has 20 heavy (non-hydrogen) atoms. The highest BCUT2D eigenvalue weighted by Crippen LogP contribution is 2.16. The van der Waals surface area contributed by atoms with Gasteiger partial charge in [0.15, 0.2) is 5.96 Å². The van der Waals surface area contributed by atoms with Crippen molar-refractivity contribution in [2.24, 2.45) is 10.7 Å². The number of hydrogen-bond donors (Lipinski definition) is 2. The zero-order chi connectivity index (χ0) is 14.4. The van der Waals surface area contributed by atoms with Gasteiger partial charge in [0.25, 0.3) is 0 Å². The summed E-state index contributed by atoms with van der Waals surface area (Å²) in [6, 6.07) is 5.96. The zero-order valence-electron chi connectivity index (χ0n) is 11.1. The predicted molar refractivity (Wildman–Crippen MR) is 73.6 cm³/mol. The fourth-order valence-electron chi connectivity index (χ4n) is 1.61. The molecule has 1 heterocycles. The van der Waals surface area contributed by atoms with Crippen molar-refractivity contribution in [3.63, 3.8) is 0 Å². The van der Waals surface area contributed by atoms with Gasteiger partial charge in [-0.2, -0.15) is 4.98 Å². The van der Waals surface area contributed by atoms with Crippen molar-refractivity contribution in [2.75, 3.05) is 13.6 Å². The molecule has 0 amide bonds. The minimum absolute atomic E-state index is 0.293. The second-order valence-corrected chi connectivity index (χ2v) is 4.16. The Balaban J connectivity index is 1.88. The number of nitrogens with one attached hydrogen (secondary N) is 1. The third kappa shape index (κ3) is 3.78. The Morgan fingerprint density at radius 2 is 2.15 bits per heavy atom. The summed E-state index contributed by atoms with van der Waals surface area (Å²) in [6.45, 7) is 0.678. The summed E-state index contributed by atoms with van der Waals surface area (Å²) in [6.07, 6.45) is 1.43. The average molecular weight is 277 g/mol. The van der Waals surface area contributed by atoms with Gasteiger partial charge in [0, 0.05) is 25.6 Å². The van der Waals surface area contributed by atoms with E-state index in [-0.39, 0.29) is 5.82 Å². The van der Waals surface area contributed by atoms with E-state index in [4.69, 9.17) is 10.3 Å². The molecule has 0 spiro atoms. The summed E-state index contributed by atoms with van der Waals surface area (Å²) in [7, 11) is 1.62. The third-order valence-corrected chi connectivity index (χ3v) is 2.68. The average Bonchev–Trinajstić information content (AvgIpc) is 2.93. The van der Waals surface area contributed by atoms with Gasteiger partial charge in [-0.1, -0.05) is 5.16 Å². The SMILES string of the molecule is CN=C(N)NCCCc1nc(-c2ccc(F)cc2)no1. The first-order chi connectivity index (χ1) is 9.69. The number of rotatable bonds is 5. The molecule has 0 aliphatic carbocycles. The van der Waals surface area contributed by atoms with E-state index in [0.29, 0.717) is 30.6 Å². The molecule has 0 aliphatic heterocycles. The van der Waals surface area contributed by atoms with E-state index in [0.717, 1.165) is 12.0 Å². The summed E-state index contributed by atoms with van der Waals surface area (Å²) in [5, 5.41) is 6.81. The van der Waals surface area contributed by atoms with Crippen molar-refractivity contribution in [3.05, 3.63) is 36.0 Å². The van der Waals surface area contributed by atoms with E-state index in [1.54, 1.807) is 19.2 Å². The van der Waals surface area contributed by atoms with E-state index in [1.807, 2.05) is 0 Å². The third-order valence-electron chi connectivity index (χ3n) is 2.68. The van der Waals surface area contributed by atoms with Crippen LogP contribution in [0.4, 0.5) is 4.39 Å². The van der Waals surface area contributed by atoms with Gasteiger partial charge in [-0.05, 0) is 30.7 Å². The van der Waals surface area contributed by atoms with Crippen LogP contribution < -0.4 is 11.1 Å². The Hall–Kier alpha value is -2.44. The lowest BCUT2D eigenvalue weighted by Crippen LogP contribution is -2.32. The smallest absolute Gasteiger partial charge is 0.227 e. The van der Waals surface area contributed by atoms with Crippen LogP contribution >= 0.6 is 0 Å². The van der Waals surface area contributed by atoms with Gasteiger partial charge in [0.2, 0.25) is 11.7 Å². The number of guanidine groups is 1. The van der Waals surface area contributed by atoms with Crippen LogP contribution in [0.2, 0.25) is 0 Å². The topological polar surface area (TPSA) is 89.3 Å². The van der Waals surface area contributed by atoms with Crippen molar-refractivity contribution in [3.8, 4) is 11.4 Å². The number of nitrogens with two attached hydrogens (primary N) is 1. The minimum Gasteiger partial charge on any atom is -0.370 e. The number of benzene rings is 1. The Kier molecular flexibility index (Phi) is 4.65. The zero-order valence-corrected chi connectivity index (χ0v) is 11.1. The normalized spacial score (nSPS) is 11.6. The molecule has 0 unspecified atom stereocenters. The van der Waals surface area contributed by atoms with Gasteiger partial charge in [0.05, 0.1) is 0 Å². The molecule has 3 N–H and O–H groups in total. The molecule has 6 nitrogen and oxygen atoms in total. The highest BCUT2D eigenvalue weighted by Gasteiger charge is 2.08. The Morgan fingerprint density at radius 1 is 1.40 bits per heavy atom. The Bertz CT molecular complexity index is 579. The molecule has 0 saturated carbocycles. The molecule has 0 aliphatic rings. The van der Waals surface area contributed by atoms with Crippen molar-refractivity contribution >= 4 is 5.96 Å². The number of nitrogens with zero attached hydrogens (tertiary/aromatic N) is 3. The first-order valence-corrected chi connectivity index (χ1v) is 6.23. The molecule has 0 saturated heterocycles. The predicted octanol–water partition coefficient (Wildman–Crippen LogP) is 1.34. The van der Waals surface area contributed by atoms with Crippen LogP contribution in [0.5, 0.6) is 0 Å². The largest absolute Gasteiger partial charge is 0.370 e. The molecule has 2 aromatic rings. The van der Waals surface area contributed by atoms with Crippen LogP contribution in [0.25, 0.3) is 11.4 Å². The van der Waals surface area contributed by atoms with Crippen molar-refractivity contribution in [2.45, 2.75) is 12.8 Å². The number of aromatic nitrogens is 2. The van der Waals surface area contributed by atoms with Gasteiger partial charge < -0.3 is 15.6 Å². The Morgan fingerprint density at radius 3 is 2.85 bits per heavy atom. The monoisotopic (exact) mass is 277 g/mol. The second kappa shape index (κ2) is 6.65. The van der Waals surface area contributed by atoms with Gasteiger partial charge in [-0.3, -0.25) is 4.99 Å². The molecule has 7 heteroatoms. The van der Waals surface area contributed by atoms with Gasteiger partial charge in [0.1, 0.15) is 5.82 Å². The first-order valence-electron chi connectivity index (χ1n) is 6.23. The maximum atomic E-state index is 12.8. The fraction of sp³-hybridized carbons (Fsp3) is 0.308. The van der Waals surface area contributed by atoms with E-state index < -0.39 is 0 Å². The lowest BCUT2D eigenvalue weighted by Gasteiger charge is -2.01. The summed E-state index contributed by atoms with van der Waals surface area (Å²) in [5.41, 5.74) is 6.23. The van der Waals surface area contributed by atoms with Crippen LogP contribution in [0, 0.1) is 5.82 Å². The number of aliphatic imine (C=N–C) groups is 1. The van der Waals surface area contributed by atoms with E-state index in [1.165, 1.54) is 12.1 Å². The fourth-order valence-corrected chi connectivity index (χ4v) is 1.61. The molecule has 1 aromatic carbocycles. The first kappa shape index (κ1) is 14.0. The number of aryl methyl sites for hydroxylation is 1. The lowest BCUT2D eigenvalue weighted by atomic mass is 10.2. The molecule has 0 atom stereocenters. The molecular formula is C13H16FN5O. The molecule has 0 bridgehead atoms. The summed E-state index contributed by atoms with van der Waals surface area (Å²) in [5.74, 6) is 1.11. The molecule has 106 valence electrons. The van der Waals surface area contributed by atoms with Crippen LogP contribution in [0.1, 0.15) is 12.3 Å². The summed E-state index contributed by atoms with van der Waals surface area (Å²) >= 11 is 0.